The van der Waals surface area contributed by atoms with Crippen molar-refractivity contribution in [3.05, 3.63) is 41.2 Å². The van der Waals surface area contributed by atoms with Gasteiger partial charge in [-0.05, 0) is 56.4 Å². The lowest BCUT2D eigenvalue weighted by Gasteiger charge is -2.33. The zero-order valence-corrected chi connectivity index (χ0v) is 19.2. The molecule has 1 aromatic carbocycles. The predicted octanol–water partition coefficient (Wildman–Crippen LogP) is 3.85. The number of amides is 1. The molecule has 8 heteroatoms. The molecule has 170 valence electrons. The van der Waals surface area contributed by atoms with Gasteiger partial charge in [0.05, 0.1) is 11.8 Å². The third-order valence-corrected chi connectivity index (χ3v) is 7.29. The van der Waals surface area contributed by atoms with Gasteiger partial charge in [0, 0.05) is 43.1 Å². The summed E-state index contributed by atoms with van der Waals surface area (Å²) in [6, 6.07) is 5.46. The van der Waals surface area contributed by atoms with Crippen LogP contribution < -0.4 is 9.47 Å². The van der Waals surface area contributed by atoms with Gasteiger partial charge in [-0.25, -0.2) is 9.97 Å². The summed E-state index contributed by atoms with van der Waals surface area (Å²) in [6.45, 7) is 5.40. The number of aryl methyl sites for hydroxylation is 1. The topological polar surface area (TPSA) is 73.8 Å². The first-order valence-electron chi connectivity index (χ1n) is 11.4. The summed E-state index contributed by atoms with van der Waals surface area (Å²) in [5.74, 6) is 2.49. The van der Waals surface area contributed by atoms with Gasteiger partial charge in [-0.15, -0.1) is 0 Å². The Bertz CT molecular complexity index is 980. The van der Waals surface area contributed by atoms with Gasteiger partial charge in [0.25, 0.3) is 5.91 Å². The third-order valence-electron chi connectivity index (χ3n) is 6.30. The highest BCUT2D eigenvalue weighted by atomic mass is 32.2. The fraction of sp³-hybridized carbons (Fsp3) is 0.542. The first kappa shape index (κ1) is 21.5. The van der Waals surface area contributed by atoms with E-state index in [1.807, 2.05) is 23.2 Å². The lowest BCUT2D eigenvalue weighted by molar-refractivity contribution is 0.0704. The standard InChI is InChI=1S/C24H29N3O4S/c1-16-13-25-24(32-15-19-5-3-9-29-19)26-22(16)18-4-2-8-27(14-18)23(28)17-6-7-20-21(12-17)31-11-10-30-20/h6-7,12-13,18-19H,2-5,8-11,14-15H2,1H3/t18-,19+/m0/s1. The van der Waals surface area contributed by atoms with Crippen molar-refractivity contribution in [1.82, 2.24) is 14.9 Å². The number of thioether (sulfide) groups is 1. The quantitative estimate of drug-likeness (QED) is 0.501. The molecule has 0 radical (unpaired) electrons. The van der Waals surface area contributed by atoms with Crippen molar-refractivity contribution in [3.8, 4) is 11.5 Å². The maximum Gasteiger partial charge on any atom is 0.254 e. The molecule has 0 N–H and O–H groups in total. The number of hydrogen-bond acceptors (Lipinski definition) is 7. The number of piperidine rings is 1. The highest BCUT2D eigenvalue weighted by Crippen LogP contribution is 2.33. The number of carbonyl (C=O) groups is 1. The molecule has 7 nitrogen and oxygen atoms in total. The number of rotatable bonds is 5. The second-order valence-electron chi connectivity index (χ2n) is 8.62. The molecule has 0 bridgehead atoms. The first-order valence-corrected chi connectivity index (χ1v) is 12.4. The van der Waals surface area contributed by atoms with Crippen molar-refractivity contribution >= 4 is 17.7 Å². The molecule has 2 aromatic rings. The largest absolute Gasteiger partial charge is 0.486 e. The summed E-state index contributed by atoms with van der Waals surface area (Å²) >= 11 is 1.67. The second-order valence-corrected chi connectivity index (χ2v) is 9.60. The van der Waals surface area contributed by atoms with Crippen molar-refractivity contribution in [2.24, 2.45) is 0 Å². The number of carbonyl (C=O) groups excluding carboxylic acids is 1. The van der Waals surface area contributed by atoms with Crippen molar-refractivity contribution in [1.29, 1.82) is 0 Å². The van der Waals surface area contributed by atoms with Crippen LogP contribution in [0.1, 0.15) is 53.2 Å². The lowest BCUT2D eigenvalue weighted by atomic mass is 9.92. The minimum absolute atomic E-state index is 0.0337. The van der Waals surface area contributed by atoms with E-state index in [0.717, 1.165) is 61.0 Å². The van der Waals surface area contributed by atoms with Gasteiger partial charge < -0.3 is 19.1 Å². The zero-order chi connectivity index (χ0) is 21.9. The molecule has 3 aliphatic rings. The third kappa shape index (κ3) is 4.71. The molecule has 4 heterocycles. The minimum Gasteiger partial charge on any atom is -0.486 e. The van der Waals surface area contributed by atoms with Gasteiger partial charge in [-0.1, -0.05) is 11.8 Å². The molecule has 1 amide bonds. The van der Waals surface area contributed by atoms with Crippen LogP contribution in [0, 0.1) is 6.92 Å². The van der Waals surface area contributed by atoms with Crippen LogP contribution in [-0.2, 0) is 4.74 Å². The fourth-order valence-corrected chi connectivity index (χ4v) is 5.50. The van der Waals surface area contributed by atoms with Crippen LogP contribution in [0.5, 0.6) is 11.5 Å². The normalized spacial score (nSPS) is 22.7. The summed E-state index contributed by atoms with van der Waals surface area (Å²) in [5, 5.41) is 0.802. The minimum atomic E-state index is 0.0337. The molecule has 5 rings (SSSR count). The average molecular weight is 456 g/mol. The Kier molecular flexibility index (Phi) is 6.50. The van der Waals surface area contributed by atoms with Gasteiger partial charge >= 0.3 is 0 Å². The average Bonchev–Trinajstić information content (AvgIpc) is 3.36. The monoisotopic (exact) mass is 455 g/mol. The molecular weight excluding hydrogens is 426 g/mol. The zero-order valence-electron chi connectivity index (χ0n) is 18.4. The molecule has 32 heavy (non-hydrogen) atoms. The van der Waals surface area contributed by atoms with E-state index in [1.54, 1.807) is 17.8 Å². The van der Waals surface area contributed by atoms with Crippen LogP contribution in [0.15, 0.2) is 29.6 Å². The number of benzene rings is 1. The summed E-state index contributed by atoms with van der Waals surface area (Å²) < 4.78 is 17.0. The molecule has 0 saturated carbocycles. The van der Waals surface area contributed by atoms with Crippen LogP contribution in [0.3, 0.4) is 0 Å². The van der Waals surface area contributed by atoms with E-state index in [0.29, 0.717) is 42.9 Å². The number of fused-ring (bicyclic) bond motifs is 1. The number of likely N-dealkylation sites (tertiary alicyclic amines) is 1. The number of nitrogens with zero attached hydrogens (tertiary/aromatic N) is 3. The molecule has 2 atom stereocenters. The van der Waals surface area contributed by atoms with Crippen LogP contribution in [0.2, 0.25) is 0 Å². The SMILES string of the molecule is Cc1cnc(SC[C@H]2CCCO2)nc1[C@H]1CCCN(C(=O)c2ccc3c(c2)OCCO3)C1. The Labute approximate surface area is 192 Å². The Hall–Kier alpha value is -2.32. The van der Waals surface area contributed by atoms with Crippen molar-refractivity contribution in [3.63, 3.8) is 0 Å². The Balaban J connectivity index is 1.28. The van der Waals surface area contributed by atoms with Crippen LogP contribution >= 0.6 is 11.8 Å². The van der Waals surface area contributed by atoms with Crippen molar-refractivity contribution < 1.29 is 19.0 Å². The van der Waals surface area contributed by atoms with E-state index < -0.39 is 0 Å². The van der Waals surface area contributed by atoms with E-state index in [2.05, 4.69) is 11.9 Å². The summed E-state index contributed by atoms with van der Waals surface area (Å²) in [5.41, 5.74) is 2.79. The summed E-state index contributed by atoms with van der Waals surface area (Å²) in [7, 11) is 0. The summed E-state index contributed by atoms with van der Waals surface area (Å²) in [6.07, 6.45) is 6.47. The molecular formula is C24H29N3O4S. The van der Waals surface area contributed by atoms with Crippen molar-refractivity contribution in [2.45, 2.75) is 49.8 Å². The van der Waals surface area contributed by atoms with Gasteiger partial charge in [0.15, 0.2) is 16.7 Å². The van der Waals surface area contributed by atoms with Gasteiger partial charge in [0.2, 0.25) is 0 Å². The summed E-state index contributed by atoms with van der Waals surface area (Å²) in [4.78, 5) is 24.6. The molecule has 2 saturated heterocycles. The first-order chi connectivity index (χ1) is 15.7. The molecule has 0 aliphatic carbocycles. The smallest absolute Gasteiger partial charge is 0.254 e. The highest BCUT2D eigenvalue weighted by molar-refractivity contribution is 7.99. The van der Waals surface area contributed by atoms with E-state index in [9.17, 15) is 4.79 Å². The molecule has 0 spiro atoms. The number of aromatic nitrogens is 2. The van der Waals surface area contributed by atoms with Gasteiger partial charge in [-0.3, -0.25) is 4.79 Å². The van der Waals surface area contributed by atoms with Crippen LogP contribution in [0.25, 0.3) is 0 Å². The second kappa shape index (κ2) is 9.67. The highest BCUT2D eigenvalue weighted by Gasteiger charge is 2.28. The van der Waals surface area contributed by atoms with Crippen LogP contribution in [-0.4, -0.2) is 65.5 Å². The lowest BCUT2D eigenvalue weighted by Crippen LogP contribution is -2.39. The van der Waals surface area contributed by atoms with E-state index in [4.69, 9.17) is 19.2 Å². The maximum absolute atomic E-state index is 13.2. The molecule has 3 aliphatic heterocycles. The Morgan fingerprint density at radius 1 is 1.16 bits per heavy atom. The van der Waals surface area contributed by atoms with E-state index in [1.165, 1.54) is 0 Å². The van der Waals surface area contributed by atoms with Crippen LogP contribution in [0.4, 0.5) is 0 Å². The Morgan fingerprint density at radius 2 is 2.03 bits per heavy atom. The van der Waals surface area contributed by atoms with Crippen molar-refractivity contribution in [2.75, 3.05) is 38.7 Å². The van der Waals surface area contributed by atoms with E-state index in [-0.39, 0.29) is 11.8 Å². The fourth-order valence-electron chi connectivity index (χ4n) is 4.61. The van der Waals surface area contributed by atoms with Gasteiger partial charge in [0.1, 0.15) is 13.2 Å². The molecule has 1 aromatic heterocycles. The maximum atomic E-state index is 13.2. The van der Waals surface area contributed by atoms with Gasteiger partial charge in [-0.2, -0.15) is 0 Å². The molecule has 0 unspecified atom stereocenters. The number of hydrogen-bond donors (Lipinski definition) is 0. The Morgan fingerprint density at radius 3 is 2.88 bits per heavy atom. The van der Waals surface area contributed by atoms with E-state index >= 15 is 0 Å². The molecule has 2 fully saturated rings. The predicted molar refractivity (Wildman–Crippen MR) is 122 cm³/mol. The number of ether oxygens (including phenoxy) is 3.